The molecule has 2 aromatic carbocycles. The van der Waals surface area contributed by atoms with E-state index in [2.05, 4.69) is 5.32 Å². The third-order valence-electron chi connectivity index (χ3n) is 3.61. The summed E-state index contributed by atoms with van der Waals surface area (Å²) in [5.41, 5.74) is 1.40. The zero-order valence-corrected chi connectivity index (χ0v) is 14.0. The van der Waals surface area contributed by atoms with Crippen LogP contribution in [0.4, 0.5) is 0 Å². The highest BCUT2D eigenvalue weighted by Gasteiger charge is 2.25. The number of aromatic carboxylic acids is 1. The molecule has 6 nitrogen and oxygen atoms in total. The number of carbonyl (C=O) groups is 2. The average molecular weight is 362 g/mol. The molecule has 0 aliphatic rings. The normalized spacial score (nSPS) is 11.6. The molecule has 2 aromatic rings. The lowest BCUT2D eigenvalue weighted by molar-refractivity contribution is -0.120. The molecule has 0 aliphatic carbocycles. The Kier molecular flexibility index (Phi) is 6.58. The van der Waals surface area contributed by atoms with Gasteiger partial charge in [-0.2, -0.15) is 0 Å². The predicted molar refractivity (Wildman–Crippen MR) is 94.4 cm³/mol. The van der Waals surface area contributed by atoms with Crippen molar-refractivity contribution in [2.24, 2.45) is 0 Å². The summed E-state index contributed by atoms with van der Waals surface area (Å²) in [5.74, 6) is -2.41. The fourth-order valence-corrected chi connectivity index (χ4v) is 2.49. The first-order valence-electron chi connectivity index (χ1n) is 7.57. The predicted octanol–water partition coefficient (Wildman–Crippen LogP) is 1.32. The lowest BCUT2D eigenvalue weighted by atomic mass is 9.75. The van der Waals surface area contributed by atoms with Crippen LogP contribution >= 0.6 is 11.6 Å². The molecule has 0 bridgehead atoms. The van der Waals surface area contributed by atoms with Gasteiger partial charge in [-0.3, -0.25) is 4.79 Å². The molecule has 0 saturated carbocycles. The smallest absolute Gasteiger partial charge is 0.475 e. The molecule has 4 N–H and O–H groups in total. The van der Waals surface area contributed by atoms with E-state index in [1.807, 2.05) is 0 Å². The summed E-state index contributed by atoms with van der Waals surface area (Å²) >= 11 is 5.79. The summed E-state index contributed by atoms with van der Waals surface area (Å²) in [6, 6.07) is 12.9. The molecule has 0 aromatic heterocycles. The van der Waals surface area contributed by atoms with Crippen molar-refractivity contribution in [1.29, 1.82) is 0 Å². The van der Waals surface area contributed by atoms with E-state index in [-0.39, 0.29) is 24.3 Å². The molecule has 0 aliphatic heterocycles. The number of hydrogen-bond donors (Lipinski definition) is 4. The third-order valence-corrected chi connectivity index (χ3v) is 3.87. The molecule has 25 heavy (non-hydrogen) atoms. The fraction of sp³-hybridized carbons (Fsp3) is 0.176. The Morgan fingerprint density at radius 3 is 2.36 bits per heavy atom. The van der Waals surface area contributed by atoms with E-state index in [4.69, 9.17) is 16.7 Å². The molecule has 0 heterocycles. The Balaban J connectivity index is 2.02. The van der Waals surface area contributed by atoms with E-state index in [1.54, 1.807) is 36.4 Å². The average Bonchev–Trinajstić information content (AvgIpc) is 2.56. The zero-order valence-electron chi connectivity index (χ0n) is 13.2. The van der Waals surface area contributed by atoms with Crippen LogP contribution in [0.2, 0.25) is 5.02 Å². The van der Waals surface area contributed by atoms with Gasteiger partial charge in [0.15, 0.2) is 0 Å². The van der Waals surface area contributed by atoms with Gasteiger partial charge in [0.1, 0.15) is 0 Å². The Bertz CT molecular complexity index is 751. The summed E-state index contributed by atoms with van der Waals surface area (Å²) in [6.07, 6.45) is 0.153. The number of hydrogen-bond acceptors (Lipinski definition) is 4. The highest BCUT2D eigenvalue weighted by Crippen LogP contribution is 2.11. The van der Waals surface area contributed by atoms with E-state index in [9.17, 15) is 19.6 Å². The Labute approximate surface area is 150 Å². The number of carboxylic acid groups (broad SMARTS) is 1. The van der Waals surface area contributed by atoms with Crippen LogP contribution in [0.1, 0.15) is 21.5 Å². The van der Waals surface area contributed by atoms with Gasteiger partial charge in [-0.05, 0) is 41.8 Å². The van der Waals surface area contributed by atoms with Gasteiger partial charge in [0.2, 0.25) is 5.91 Å². The summed E-state index contributed by atoms with van der Waals surface area (Å²) in [4.78, 5) is 23.1. The van der Waals surface area contributed by atoms with Crippen LogP contribution in [0.25, 0.3) is 0 Å². The van der Waals surface area contributed by atoms with Gasteiger partial charge in [0.05, 0.1) is 17.9 Å². The van der Waals surface area contributed by atoms with Crippen LogP contribution in [0.3, 0.4) is 0 Å². The second-order valence-electron chi connectivity index (χ2n) is 5.60. The molecule has 1 atom stereocenters. The van der Waals surface area contributed by atoms with Gasteiger partial charge < -0.3 is 20.5 Å². The second-order valence-corrected chi connectivity index (χ2v) is 6.04. The maximum Gasteiger partial charge on any atom is 0.475 e. The molecular weight excluding hydrogens is 344 g/mol. The maximum absolute atomic E-state index is 12.1. The first-order valence-corrected chi connectivity index (χ1v) is 7.95. The largest absolute Gasteiger partial charge is 0.478 e. The Morgan fingerprint density at radius 1 is 1.08 bits per heavy atom. The number of carbonyl (C=O) groups excluding carboxylic acids is 1. The molecular formula is C17H17BClNO5. The van der Waals surface area contributed by atoms with Crippen LogP contribution in [0, 0.1) is 0 Å². The Morgan fingerprint density at radius 2 is 1.76 bits per heavy atom. The van der Waals surface area contributed by atoms with Gasteiger partial charge in [0, 0.05) is 5.02 Å². The molecule has 0 unspecified atom stereocenters. The van der Waals surface area contributed by atoms with Crippen molar-refractivity contribution in [3.05, 3.63) is 70.2 Å². The number of rotatable bonds is 7. The zero-order chi connectivity index (χ0) is 18.4. The highest BCUT2D eigenvalue weighted by atomic mass is 35.5. The molecule has 0 spiro atoms. The van der Waals surface area contributed by atoms with Crippen molar-refractivity contribution in [2.45, 2.75) is 18.8 Å². The summed E-state index contributed by atoms with van der Waals surface area (Å²) < 4.78 is 0. The van der Waals surface area contributed by atoms with Gasteiger partial charge in [-0.1, -0.05) is 35.9 Å². The minimum absolute atomic E-state index is 0.0650. The molecule has 2 rings (SSSR count). The standard InChI is InChI=1S/C17H17BClNO5/c19-14-6-4-11(5-7-14)10-16(21)20-15(18(24)25)9-12-2-1-3-13(8-12)17(22)23/h1-8,15,24-25H,9-10H2,(H,20,21)(H,22,23)/t15-/m0/s1. The topological polar surface area (TPSA) is 107 Å². The van der Waals surface area contributed by atoms with Gasteiger partial charge in [-0.25, -0.2) is 4.79 Å². The van der Waals surface area contributed by atoms with Crippen molar-refractivity contribution < 1.29 is 24.7 Å². The fourth-order valence-electron chi connectivity index (χ4n) is 2.36. The van der Waals surface area contributed by atoms with E-state index < -0.39 is 19.0 Å². The molecule has 0 fully saturated rings. The van der Waals surface area contributed by atoms with Crippen LogP contribution in [0.15, 0.2) is 48.5 Å². The quantitative estimate of drug-likeness (QED) is 0.557. The van der Waals surface area contributed by atoms with E-state index in [0.29, 0.717) is 10.6 Å². The number of benzene rings is 2. The summed E-state index contributed by atoms with van der Waals surface area (Å²) in [6.45, 7) is 0. The van der Waals surface area contributed by atoms with Crippen molar-refractivity contribution >= 4 is 30.6 Å². The third kappa shape index (κ3) is 5.90. The van der Waals surface area contributed by atoms with Crippen LogP contribution in [-0.4, -0.2) is 40.1 Å². The minimum atomic E-state index is -1.78. The van der Waals surface area contributed by atoms with E-state index >= 15 is 0 Å². The number of nitrogens with one attached hydrogen (secondary N) is 1. The SMILES string of the molecule is O=C(Cc1ccc(Cl)cc1)N[C@@H](Cc1cccc(C(=O)O)c1)B(O)O. The van der Waals surface area contributed by atoms with Gasteiger partial charge >= 0.3 is 13.1 Å². The lowest BCUT2D eigenvalue weighted by Gasteiger charge is -2.18. The molecule has 8 heteroatoms. The molecule has 0 radical (unpaired) electrons. The molecule has 130 valence electrons. The van der Waals surface area contributed by atoms with E-state index in [1.165, 1.54) is 12.1 Å². The van der Waals surface area contributed by atoms with Crippen molar-refractivity contribution in [2.75, 3.05) is 0 Å². The van der Waals surface area contributed by atoms with Crippen molar-refractivity contribution in [3.63, 3.8) is 0 Å². The summed E-state index contributed by atoms with van der Waals surface area (Å²) in [5, 5.41) is 31.1. The Hall–Kier alpha value is -2.35. The van der Waals surface area contributed by atoms with Gasteiger partial charge in [0.25, 0.3) is 0 Å². The van der Waals surface area contributed by atoms with Crippen LogP contribution in [-0.2, 0) is 17.6 Å². The summed E-state index contributed by atoms with van der Waals surface area (Å²) in [7, 11) is -1.78. The van der Waals surface area contributed by atoms with Crippen molar-refractivity contribution in [3.8, 4) is 0 Å². The second kappa shape index (κ2) is 8.66. The highest BCUT2D eigenvalue weighted by molar-refractivity contribution is 6.43. The number of carboxylic acids is 1. The number of halogens is 1. The van der Waals surface area contributed by atoms with Crippen LogP contribution < -0.4 is 5.32 Å². The number of amides is 1. The molecule has 1 amide bonds. The minimum Gasteiger partial charge on any atom is -0.478 e. The van der Waals surface area contributed by atoms with Crippen molar-refractivity contribution in [1.82, 2.24) is 5.32 Å². The van der Waals surface area contributed by atoms with E-state index in [0.717, 1.165) is 5.56 Å². The molecule has 0 saturated heterocycles. The van der Waals surface area contributed by atoms with Crippen LogP contribution in [0.5, 0.6) is 0 Å². The first-order chi connectivity index (χ1) is 11.8. The first kappa shape index (κ1) is 19.0. The lowest BCUT2D eigenvalue weighted by Crippen LogP contribution is -2.48. The van der Waals surface area contributed by atoms with Gasteiger partial charge in [-0.15, -0.1) is 0 Å². The maximum atomic E-state index is 12.1. The monoisotopic (exact) mass is 361 g/mol.